The summed E-state index contributed by atoms with van der Waals surface area (Å²) in [5.41, 5.74) is 0.486. The van der Waals surface area contributed by atoms with Gasteiger partial charge in [0.2, 0.25) is 0 Å². The van der Waals surface area contributed by atoms with E-state index in [1.807, 2.05) is 0 Å². The van der Waals surface area contributed by atoms with Crippen LogP contribution < -0.4 is 10.2 Å². The average molecular weight is 267 g/mol. The van der Waals surface area contributed by atoms with E-state index < -0.39 is 5.82 Å². The third-order valence-electron chi connectivity index (χ3n) is 2.86. The first-order valence-corrected chi connectivity index (χ1v) is 5.63. The SMILES string of the molecule is COCOc1cc(F)cc2c(=O)cc(CO)n(C)c12. The molecule has 6 heteroatoms. The molecule has 0 aliphatic carbocycles. The first kappa shape index (κ1) is 13.5. The lowest BCUT2D eigenvalue weighted by molar-refractivity contribution is 0.0517. The highest BCUT2D eigenvalue weighted by Crippen LogP contribution is 2.26. The Labute approximate surface area is 108 Å². The van der Waals surface area contributed by atoms with Crippen molar-refractivity contribution in [3.05, 3.63) is 39.9 Å². The number of fused-ring (bicyclic) bond motifs is 1. The summed E-state index contributed by atoms with van der Waals surface area (Å²) in [5.74, 6) is -0.362. The van der Waals surface area contributed by atoms with Gasteiger partial charge in [0.05, 0.1) is 17.5 Å². The lowest BCUT2D eigenvalue weighted by Crippen LogP contribution is -2.13. The molecule has 0 bridgehead atoms. The summed E-state index contributed by atoms with van der Waals surface area (Å²) in [5, 5.41) is 9.42. The molecule has 0 amide bonds. The van der Waals surface area contributed by atoms with E-state index in [1.165, 1.54) is 19.2 Å². The molecule has 1 heterocycles. The Kier molecular flexibility index (Phi) is 3.82. The van der Waals surface area contributed by atoms with Gasteiger partial charge in [-0.3, -0.25) is 4.79 Å². The zero-order valence-corrected chi connectivity index (χ0v) is 10.6. The number of rotatable bonds is 4. The van der Waals surface area contributed by atoms with Crippen molar-refractivity contribution in [3.8, 4) is 5.75 Å². The van der Waals surface area contributed by atoms with Gasteiger partial charge in [0.1, 0.15) is 11.6 Å². The smallest absolute Gasteiger partial charge is 0.190 e. The van der Waals surface area contributed by atoms with Gasteiger partial charge >= 0.3 is 0 Å². The second kappa shape index (κ2) is 5.38. The van der Waals surface area contributed by atoms with Gasteiger partial charge in [0.15, 0.2) is 12.2 Å². The molecule has 0 atom stereocenters. The summed E-state index contributed by atoms with van der Waals surface area (Å²) in [6.07, 6.45) is 0. The quantitative estimate of drug-likeness (QED) is 0.844. The van der Waals surface area contributed by atoms with Gasteiger partial charge in [-0.2, -0.15) is 0 Å². The number of benzene rings is 1. The molecule has 1 aromatic carbocycles. The molecule has 1 N–H and O–H groups in total. The molecule has 0 saturated carbocycles. The molecular weight excluding hydrogens is 253 g/mol. The van der Waals surface area contributed by atoms with Crippen LogP contribution in [0, 0.1) is 5.82 Å². The molecule has 2 aromatic rings. The predicted octanol–water partition coefficient (Wildman–Crippen LogP) is 1.15. The molecular formula is C13H14FNO4. The number of aliphatic hydroxyl groups excluding tert-OH is 1. The molecule has 1 aromatic heterocycles. The van der Waals surface area contributed by atoms with Crippen molar-refractivity contribution in [2.24, 2.45) is 7.05 Å². The number of halogens is 1. The van der Waals surface area contributed by atoms with Crippen molar-refractivity contribution in [1.82, 2.24) is 4.57 Å². The van der Waals surface area contributed by atoms with Crippen LogP contribution in [0.5, 0.6) is 5.75 Å². The third-order valence-corrected chi connectivity index (χ3v) is 2.86. The van der Waals surface area contributed by atoms with Crippen LogP contribution in [0.4, 0.5) is 4.39 Å². The first-order chi connectivity index (χ1) is 9.08. The van der Waals surface area contributed by atoms with E-state index in [0.717, 1.165) is 6.07 Å². The maximum absolute atomic E-state index is 13.5. The van der Waals surface area contributed by atoms with Crippen molar-refractivity contribution in [2.75, 3.05) is 13.9 Å². The molecule has 102 valence electrons. The van der Waals surface area contributed by atoms with Crippen LogP contribution in [0.3, 0.4) is 0 Å². The summed E-state index contributed by atoms with van der Waals surface area (Å²) in [6, 6.07) is 3.61. The summed E-state index contributed by atoms with van der Waals surface area (Å²) in [6.45, 7) is -0.348. The summed E-state index contributed by atoms with van der Waals surface area (Å²) in [4.78, 5) is 11.9. The second-order valence-electron chi connectivity index (χ2n) is 4.07. The monoisotopic (exact) mass is 267 g/mol. The Balaban J connectivity index is 2.79. The Morgan fingerprint density at radius 3 is 2.74 bits per heavy atom. The fourth-order valence-electron chi connectivity index (χ4n) is 1.96. The van der Waals surface area contributed by atoms with Gasteiger partial charge in [0, 0.05) is 32.0 Å². The zero-order valence-electron chi connectivity index (χ0n) is 10.6. The Bertz CT molecular complexity index is 666. The minimum atomic E-state index is -0.563. The first-order valence-electron chi connectivity index (χ1n) is 5.63. The second-order valence-corrected chi connectivity index (χ2v) is 4.07. The van der Waals surface area contributed by atoms with Gasteiger partial charge in [0.25, 0.3) is 0 Å². The van der Waals surface area contributed by atoms with E-state index in [1.54, 1.807) is 11.6 Å². The highest BCUT2D eigenvalue weighted by molar-refractivity contribution is 5.85. The van der Waals surface area contributed by atoms with Crippen molar-refractivity contribution in [1.29, 1.82) is 0 Å². The maximum Gasteiger partial charge on any atom is 0.190 e. The van der Waals surface area contributed by atoms with Crippen molar-refractivity contribution >= 4 is 10.9 Å². The number of aromatic nitrogens is 1. The van der Waals surface area contributed by atoms with Crippen molar-refractivity contribution in [3.63, 3.8) is 0 Å². The number of methoxy groups -OCH3 is 1. The van der Waals surface area contributed by atoms with Crippen LogP contribution in [-0.4, -0.2) is 23.6 Å². The Morgan fingerprint density at radius 1 is 1.37 bits per heavy atom. The Morgan fingerprint density at radius 2 is 2.11 bits per heavy atom. The van der Waals surface area contributed by atoms with Gasteiger partial charge in [-0.25, -0.2) is 4.39 Å². The van der Waals surface area contributed by atoms with Crippen LogP contribution in [-0.2, 0) is 18.4 Å². The van der Waals surface area contributed by atoms with Gasteiger partial charge < -0.3 is 19.1 Å². The van der Waals surface area contributed by atoms with Crippen LogP contribution in [0.1, 0.15) is 5.69 Å². The number of aliphatic hydroxyl groups is 1. The molecule has 19 heavy (non-hydrogen) atoms. The Hall–Kier alpha value is -1.92. The van der Waals surface area contributed by atoms with E-state index in [4.69, 9.17) is 9.47 Å². The standard InChI is InChI=1S/C13H14FNO4/c1-15-9(6-16)5-11(17)10-3-8(14)4-12(13(10)15)19-7-18-2/h3-5,16H,6-7H2,1-2H3. The zero-order chi connectivity index (χ0) is 14.0. The number of aryl methyl sites for hydroxylation is 1. The fourth-order valence-corrected chi connectivity index (χ4v) is 1.96. The molecule has 0 spiro atoms. The molecule has 0 unspecified atom stereocenters. The van der Waals surface area contributed by atoms with Gasteiger partial charge in [-0.05, 0) is 6.07 Å². The topological polar surface area (TPSA) is 60.7 Å². The van der Waals surface area contributed by atoms with Gasteiger partial charge in [-0.15, -0.1) is 0 Å². The van der Waals surface area contributed by atoms with Crippen LogP contribution >= 0.6 is 0 Å². The van der Waals surface area contributed by atoms with E-state index >= 15 is 0 Å². The lowest BCUT2D eigenvalue weighted by atomic mass is 10.1. The number of pyridine rings is 1. The van der Waals surface area contributed by atoms with Gasteiger partial charge in [-0.1, -0.05) is 0 Å². The van der Waals surface area contributed by atoms with Crippen LogP contribution in [0.15, 0.2) is 23.0 Å². The maximum atomic E-state index is 13.5. The molecule has 0 aliphatic heterocycles. The normalized spacial score (nSPS) is 10.9. The number of ether oxygens (including phenoxy) is 2. The summed E-state index contributed by atoms with van der Waals surface area (Å²) < 4.78 is 25.2. The highest BCUT2D eigenvalue weighted by atomic mass is 19.1. The molecule has 5 nitrogen and oxygen atoms in total. The van der Waals surface area contributed by atoms with Crippen LogP contribution in [0.25, 0.3) is 10.9 Å². The molecule has 0 saturated heterocycles. The van der Waals surface area contributed by atoms with E-state index in [9.17, 15) is 14.3 Å². The molecule has 2 rings (SSSR count). The summed E-state index contributed by atoms with van der Waals surface area (Å²) >= 11 is 0. The fraction of sp³-hybridized carbons (Fsp3) is 0.308. The molecule has 0 fully saturated rings. The molecule has 0 radical (unpaired) electrons. The number of hydrogen-bond donors (Lipinski definition) is 1. The molecule has 0 aliphatic rings. The average Bonchev–Trinajstić information content (AvgIpc) is 2.39. The largest absolute Gasteiger partial charge is 0.465 e. The minimum Gasteiger partial charge on any atom is -0.465 e. The van der Waals surface area contributed by atoms with E-state index in [2.05, 4.69) is 0 Å². The third kappa shape index (κ3) is 2.45. The van der Waals surface area contributed by atoms with E-state index in [0.29, 0.717) is 11.2 Å². The minimum absolute atomic E-state index is 0.0594. The number of hydrogen-bond acceptors (Lipinski definition) is 4. The predicted molar refractivity (Wildman–Crippen MR) is 67.6 cm³/mol. The lowest BCUT2D eigenvalue weighted by Gasteiger charge is -2.14. The van der Waals surface area contributed by atoms with Crippen molar-refractivity contribution in [2.45, 2.75) is 6.61 Å². The highest BCUT2D eigenvalue weighted by Gasteiger charge is 2.13. The number of nitrogens with zero attached hydrogens (tertiary/aromatic N) is 1. The van der Waals surface area contributed by atoms with E-state index in [-0.39, 0.29) is 30.0 Å². The van der Waals surface area contributed by atoms with Crippen molar-refractivity contribution < 1.29 is 19.0 Å². The summed E-state index contributed by atoms with van der Waals surface area (Å²) in [7, 11) is 3.12. The van der Waals surface area contributed by atoms with Crippen LogP contribution in [0.2, 0.25) is 0 Å².